The van der Waals surface area contributed by atoms with Crippen LogP contribution in [0.25, 0.3) is 0 Å². The molecule has 0 unspecified atom stereocenters. The third-order valence-electron chi connectivity index (χ3n) is 4.76. The molecule has 1 aromatic carbocycles. The second kappa shape index (κ2) is 7.20. The predicted octanol–water partition coefficient (Wildman–Crippen LogP) is 1.88. The van der Waals surface area contributed by atoms with Crippen molar-refractivity contribution in [3.05, 3.63) is 41.9 Å². The number of benzene rings is 1. The minimum Gasteiger partial charge on any atom is -0.493 e. The van der Waals surface area contributed by atoms with Gasteiger partial charge in [-0.15, -0.1) is 0 Å². The Morgan fingerprint density at radius 2 is 2.00 bits per heavy atom. The molecule has 2 aliphatic heterocycles. The molecule has 0 atom stereocenters. The zero-order valence-electron chi connectivity index (χ0n) is 14.5. The first-order valence-electron chi connectivity index (χ1n) is 8.94. The summed E-state index contributed by atoms with van der Waals surface area (Å²) in [5.41, 5.74) is 0.927. The van der Waals surface area contributed by atoms with Gasteiger partial charge in [-0.25, -0.2) is 23.1 Å². The number of nitrogens with zero attached hydrogens (tertiary/aromatic N) is 3. The van der Waals surface area contributed by atoms with E-state index in [2.05, 4.69) is 19.6 Å². The maximum atomic E-state index is 12.6. The van der Waals surface area contributed by atoms with Crippen molar-refractivity contribution in [2.24, 2.45) is 0 Å². The van der Waals surface area contributed by atoms with Crippen molar-refractivity contribution in [1.29, 1.82) is 0 Å². The van der Waals surface area contributed by atoms with Gasteiger partial charge in [0.2, 0.25) is 10.0 Å². The Kier molecular flexibility index (Phi) is 4.78. The van der Waals surface area contributed by atoms with Gasteiger partial charge in [0.15, 0.2) is 0 Å². The van der Waals surface area contributed by atoms with Crippen molar-refractivity contribution in [2.75, 3.05) is 24.6 Å². The second-order valence-electron chi connectivity index (χ2n) is 6.57. The fourth-order valence-electron chi connectivity index (χ4n) is 3.35. The van der Waals surface area contributed by atoms with Crippen molar-refractivity contribution in [3.8, 4) is 5.75 Å². The Balaban J connectivity index is 1.46. The molecular weight excluding hydrogens is 352 g/mol. The number of rotatable bonds is 5. The van der Waals surface area contributed by atoms with Crippen LogP contribution in [0.5, 0.6) is 5.75 Å². The van der Waals surface area contributed by atoms with Crippen molar-refractivity contribution >= 4 is 15.8 Å². The zero-order valence-corrected chi connectivity index (χ0v) is 15.3. The lowest BCUT2D eigenvalue weighted by molar-refractivity contribution is 0.356. The first-order chi connectivity index (χ1) is 12.6. The van der Waals surface area contributed by atoms with E-state index in [0.717, 1.165) is 49.5 Å². The molecule has 4 rings (SSSR count). The van der Waals surface area contributed by atoms with Crippen molar-refractivity contribution in [3.63, 3.8) is 0 Å². The molecule has 2 aromatic rings. The Bertz CT molecular complexity index is 895. The monoisotopic (exact) mass is 374 g/mol. The van der Waals surface area contributed by atoms with Gasteiger partial charge in [-0.05, 0) is 49.1 Å². The van der Waals surface area contributed by atoms with E-state index in [1.165, 1.54) is 6.42 Å². The number of hydrogen-bond donors (Lipinski definition) is 1. The molecule has 0 aliphatic carbocycles. The lowest BCUT2D eigenvalue weighted by Gasteiger charge is -2.27. The number of anilines is 1. The van der Waals surface area contributed by atoms with Crippen LogP contribution < -0.4 is 14.4 Å². The summed E-state index contributed by atoms with van der Waals surface area (Å²) in [4.78, 5) is 11.2. The van der Waals surface area contributed by atoms with Crippen LogP contribution in [0.3, 0.4) is 0 Å². The van der Waals surface area contributed by atoms with Crippen LogP contribution in [0.15, 0.2) is 35.4 Å². The number of fused-ring (bicyclic) bond motifs is 1. The molecule has 0 amide bonds. The average Bonchev–Trinajstić information content (AvgIpc) is 3.15. The number of piperidine rings is 1. The summed E-state index contributed by atoms with van der Waals surface area (Å²) < 4.78 is 33.2. The summed E-state index contributed by atoms with van der Waals surface area (Å²) in [5, 5.41) is 0. The molecule has 138 valence electrons. The Morgan fingerprint density at radius 3 is 2.85 bits per heavy atom. The third-order valence-corrected chi connectivity index (χ3v) is 6.16. The molecule has 0 spiro atoms. The van der Waals surface area contributed by atoms with Gasteiger partial charge < -0.3 is 9.64 Å². The minimum atomic E-state index is -3.62. The Labute approximate surface area is 153 Å². The summed E-state index contributed by atoms with van der Waals surface area (Å²) in [7, 11) is -3.62. The topological polar surface area (TPSA) is 84.4 Å². The number of nitrogens with one attached hydrogen (secondary N) is 1. The first-order valence-corrected chi connectivity index (χ1v) is 10.4. The average molecular weight is 374 g/mol. The molecule has 3 heterocycles. The summed E-state index contributed by atoms with van der Waals surface area (Å²) in [5.74, 6) is 2.10. The number of ether oxygens (including phenoxy) is 1. The van der Waals surface area contributed by atoms with Crippen LogP contribution in [-0.4, -0.2) is 38.1 Å². The molecular formula is C18H22N4O3S. The van der Waals surface area contributed by atoms with Crippen molar-refractivity contribution in [2.45, 2.75) is 37.1 Å². The van der Waals surface area contributed by atoms with Crippen LogP contribution in [0.2, 0.25) is 0 Å². The number of aromatic nitrogens is 2. The maximum Gasteiger partial charge on any atom is 0.240 e. The van der Waals surface area contributed by atoms with E-state index in [9.17, 15) is 8.42 Å². The van der Waals surface area contributed by atoms with Gasteiger partial charge in [0.1, 0.15) is 17.4 Å². The molecule has 26 heavy (non-hydrogen) atoms. The normalized spacial score (nSPS) is 17.0. The Morgan fingerprint density at radius 1 is 1.15 bits per heavy atom. The standard InChI is InChI=1S/C18H22N4O3S/c23-26(24,15-4-5-16-14(12-15)7-11-25-16)20-13-17-19-8-6-18(21-17)22-9-2-1-3-10-22/h4-6,8,12,20H,1-3,7,9-11,13H2. The number of sulfonamides is 1. The van der Waals surface area contributed by atoms with Gasteiger partial charge in [0, 0.05) is 25.7 Å². The lowest BCUT2D eigenvalue weighted by Crippen LogP contribution is -2.31. The van der Waals surface area contributed by atoms with Gasteiger partial charge in [-0.3, -0.25) is 0 Å². The summed E-state index contributed by atoms with van der Waals surface area (Å²) >= 11 is 0. The molecule has 0 saturated carbocycles. The largest absolute Gasteiger partial charge is 0.493 e. The highest BCUT2D eigenvalue weighted by molar-refractivity contribution is 7.89. The molecule has 0 radical (unpaired) electrons. The van der Waals surface area contributed by atoms with E-state index < -0.39 is 10.0 Å². The van der Waals surface area contributed by atoms with Crippen LogP contribution in [0.1, 0.15) is 30.7 Å². The molecule has 1 aromatic heterocycles. The van der Waals surface area contributed by atoms with E-state index >= 15 is 0 Å². The minimum absolute atomic E-state index is 0.0671. The fraction of sp³-hybridized carbons (Fsp3) is 0.444. The van der Waals surface area contributed by atoms with E-state index in [0.29, 0.717) is 12.4 Å². The zero-order chi connectivity index (χ0) is 18.0. The van der Waals surface area contributed by atoms with Gasteiger partial charge in [0.05, 0.1) is 18.0 Å². The summed E-state index contributed by atoms with van der Waals surface area (Å²) in [6.45, 7) is 2.64. The van der Waals surface area contributed by atoms with Crippen molar-refractivity contribution in [1.82, 2.24) is 14.7 Å². The summed E-state index contributed by atoms with van der Waals surface area (Å²) in [6.07, 6.45) is 6.00. The van der Waals surface area contributed by atoms with Crippen LogP contribution in [-0.2, 0) is 23.0 Å². The van der Waals surface area contributed by atoms with Crippen molar-refractivity contribution < 1.29 is 13.2 Å². The molecule has 7 nitrogen and oxygen atoms in total. The second-order valence-corrected chi connectivity index (χ2v) is 8.34. The predicted molar refractivity (Wildman–Crippen MR) is 97.8 cm³/mol. The molecule has 0 bridgehead atoms. The molecule has 1 N–H and O–H groups in total. The molecule has 8 heteroatoms. The van der Waals surface area contributed by atoms with Crippen LogP contribution in [0.4, 0.5) is 5.82 Å². The van der Waals surface area contributed by atoms with Crippen LogP contribution in [0, 0.1) is 0 Å². The molecule has 1 saturated heterocycles. The van der Waals surface area contributed by atoms with E-state index in [4.69, 9.17) is 4.74 Å². The van der Waals surface area contributed by atoms with Gasteiger partial charge >= 0.3 is 0 Å². The van der Waals surface area contributed by atoms with E-state index in [1.807, 2.05) is 6.07 Å². The highest BCUT2D eigenvalue weighted by atomic mass is 32.2. The SMILES string of the molecule is O=S(=O)(NCc1nccc(N2CCCCC2)n1)c1ccc2c(c1)CCO2. The number of hydrogen-bond acceptors (Lipinski definition) is 6. The van der Waals surface area contributed by atoms with E-state index in [-0.39, 0.29) is 11.4 Å². The van der Waals surface area contributed by atoms with Gasteiger partial charge in [-0.2, -0.15) is 0 Å². The van der Waals surface area contributed by atoms with Gasteiger partial charge in [0.25, 0.3) is 0 Å². The first kappa shape index (κ1) is 17.2. The Hall–Kier alpha value is -2.19. The van der Waals surface area contributed by atoms with Crippen LogP contribution >= 0.6 is 0 Å². The highest BCUT2D eigenvalue weighted by Crippen LogP contribution is 2.27. The fourth-order valence-corrected chi connectivity index (χ4v) is 4.38. The summed E-state index contributed by atoms with van der Waals surface area (Å²) in [6, 6.07) is 6.83. The third kappa shape index (κ3) is 3.66. The maximum absolute atomic E-state index is 12.6. The smallest absolute Gasteiger partial charge is 0.240 e. The molecule has 2 aliphatic rings. The molecule has 1 fully saturated rings. The highest BCUT2D eigenvalue weighted by Gasteiger charge is 2.20. The lowest BCUT2D eigenvalue weighted by atomic mass is 10.1. The van der Waals surface area contributed by atoms with Gasteiger partial charge in [-0.1, -0.05) is 0 Å². The van der Waals surface area contributed by atoms with E-state index in [1.54, 1.807) is 24.4 Å². The quantitative estimate of drug-likeness (QED) is 0.860.